The highest BCUT2D eigenvalue weighted by Gasteiger charge is 2.28. The Morgan fingerprint density at radius 3 is 2.24 bits per heavy atom. The lowest BCUT2D eigenvalue weighted by Gasteiger charge is -2.12. The molecule has 4 heterocycles. The van der Waals surface area contributed by atoms with E-state index in [1.807, 2.05) is 54.2 Å². The third kappa shape index (κ3) is 6.34. The maximum Gasteiger partial charge on any atom is 0.230 e. The number of hydrogen-bond donors (Lipinski definition) is 2. The van der Waals surface area contributed by atoms with Crippen molar-refractivity contribution >= 4 is 61.3 Å². The van der Waals surface area contributed by atoms with Gasteiger partial charge >= 0.3 is 0 Å². The van der Waals surface area contributed by atoms with Crippen LogP contribution >= 0.6 is 22.7 Å². The van der Waals surface area contributed by atoms with Crippen molar-refractivity contribution in [2.45, 2.75) is 44.4 Å². The molecule has 2 N–H and O–H groups in total. The molecule has 42 heavy (non-hydrogen) atoms. The number of likely N-dealkylation sites (N-methyl/N-ethyl adjacent to an activating group) is 1. The number of aromatic nitrogens is 5. The van der Waals surface area contributed by atoms with E-state index in [4.69, 9.17) is 0 Å². The van der Waals surface area contributed by atoms with Gasteiger partial charge in [-0.25, -0.2) is 0 Å². The van der Waals surface area contributed by atoms with Gasteiger partial charge in [0.25, 0.3) is 0 Å². The van der Waals surface area contributed by atoms with Crippen LogP contribution in [0.25, 0.3) is 10.9 Å². The molecule has 3 aromatic heterocycles. The number of carbonyl (C=O) groups is 2. The van der Waals surface area contributed by atoms with E-state index in [1.165, 1.54) is 33.9 Å². The lowest BCUT2D eigenvalue weighted by molar-refractivity contribution is -0.117. The molecule has 0 aliphatic carbocycles. The summed E-state index contributed by atoms with van der Waals surface area (Å²) in [4.78, 5) is 27.5. The Morgan fingerprint density at radius 1 is 0.857 bits per heavy atom. The van der Waals surface area contributed by atoms with Gasteiger partial charge in [0.05, 0.1) is 6.42 Å². The van der Waals surface area contributed by atoms with Crippen LogP contribution in [-0.4, -0.2) is 50.4 Å². The van der Waals surface area contributed by atoms with Crippen molar-refractivity contribution in [1.82, 2.24) is 25.0 Å². The number of para-hydroxylation sites is 2. The predicted molar refractivity (Wildman–Crippen MR) is 167 cm³/mol. The summed E-state index contributed by atoms with van der Waals surface area (Å²) in [7, 11) is 4.04. The van der Waals surface area contributed by atoms with Crippen LogP contribution in [-0.2, 0) is 35.9 Å². The maximum atomic E-state index is 12.7. The predicted octanol–water partition coefficient (Wildman–Crippen LogP) is 5.19. The van der Waals surface area contributed by atoms with Gasteiger partial charge in [0.15, 0.2) is 0 Å². The summed E-state index contributed by atoms with van der Waals surface area (Å²) in [5.41, 5.74) is 4.51. The van der Waals surface area contributed by atoms with E-state index in [-0.39, 0.29) is 24.2 Å². The molecule has 10 nitrogen and oxygen atoms in total. The Labute approximate surface area is 251 Å². The van der Waals surface area contributed by atoms with Gasteiger partial charge in [-0.15, -0.1) is 20.4 Å². The molecule has 2 amide bonds. The van der Waals surface area contributed by atoms with E-state index in [9.17, 15) is 9.59 Å². The number of anilines is 3. The molecule has 1 aliphatic heterocycles. The molecule has 5 aromatic rings. The number of nitrogens with one attached hydrogen (secondary N) is 2. The molecule has 1 unspecified atom stereocenters. The number of unbranched alkanes of at least 4 members (excludes halogenated alkanes) is 1. The third-order valence-electron chi connectivity index (χ3n) is 7.50. The van der Waals surface area contributed by atoms with E-state index >= 15 is 0 Å². The van der Waals surface area contributed by atoms with Crippen LogP contribution in [0.15, 0.2) is 54.7 Å². The molecular formula is C30H32N8O2S2. The molecule has 0 saturated heterocycles. The summed E-state index contributed by atoms with van der Waals surface area (Å²) in [6.07, 6.45) is 6.08. The monoisotopic (exact) mass is 600 g/mol. The lowest BCUT2D eigenvalue weighted by Crippen LogP contribution is -2.20. The normalized spacial score (nSPS) is 14.3. The smallest absolute Gasteiger partial charge is 0.230 e. The number of nitrogens with zero attached hydrogens (tertiary/aromatic N) is 6. The second kappa shape index (κ2) is 12.4. The van der Waals surface area contributed by atoms with Crippen LogP contribution in [0, 0.1) is 0 Å². The molecule has 0 fully saturated rings. The zero-order chi connectivity index (χ0) is 29.1. The van der Waals surface area contributed by atoms with E-state index < -0.39 is 0 Å². The average molecular weight is 601 g/mol. The summed E-state index contributed by atoms with van der Waals surface area (Å²) in [6, 6.07) is 16.3. The van der Waals surface area contributed by atoms with Crippen LogP contribution in [0.4, 0.5) is 16.0 Å². The Morgan fingerprint density at radius 2 is 1.50 bits per heavy atom. The van der Waals surface area contributed by atoms with Crippen molar-refractivity contribution in [2.75, 3.05) is 29.1 Å². The molecule has 12 heteroatoms. The van der Waals surface area contributed by atoms with Crippen molar-refractivity contribution in [1.29, 1.82) is 0 Å². The zero-order valence-corrected chi connectivity index (χ0v) is 25.2. The summed E-state index contributed by atoms with van der Waals surface area (Å²) in [5, 5.41) is 26.6. The van der Waals surface area contributed by atoms with Crippen molar-refractivity contribution in [3.63, 3.8) is 0 Å². The second-order valence-corrected chi connectivity index (χ2v) is 12.7. The summed E-state index contributed by atoms with van der Waals surface area (Å²) >= 11 is 2.84. The number of amides is 2. The molecular weight excluding hydrogens is 569 g/mol. The molecule has 0 spiro atoms. The van der Waals surface area contributed by atoms with Crippen LogP contribution in [0.5, 0.6) is 0 Å². The lowest BCUT2D eigenvalue weighted by atomic mass is 9.98. The van der Waals surface area contributed by atoms with Crippen LogP contribution in [0.2, 0.25) is 0 Å². The molecule has 0 saturated carbocycles. The first-order valence-electron chi connectivity index (χ1n) is 14.0. The van der Waals surface area contributed by atoms with E-state index in [0.29, 0.717) is 16.7 Å². The molecule has 6 rings (SSSR count). The maximum absolute atomic E-state index is 12.7. The summed E-state index contributed by atoms with van der Waals surface area (Å²) in [5.74, 6) is 0.0367. The standard InChI is InChI=1S/C30H32N8O2S2/c1-37-17-19(21-9-3-5-11-23(21)37)15-25(39)31-29-35-33-27(41-29)13-7-8-14-28-34-36-30(42-28)32-26(40)16-20-18-38(2)24-12-6-4-10-22(20)24/h3-6,9-12,17,20H,7-8,13-16,18H2,1-2H3,(H,31,35,39)(H,32,36,40). The minimum absolute atomic E-state index is 0.0379. The Hall–Kier alpha value is -4.16. The summed E-state index contributed by atoms with van der Waals surface area (Å²) < 4.78 is 2.04. The number of benzene rings is 2. The van der Waals surface area contributed by atoms with Gasteiger partial charge in [-0.05, 0) is 36.1 Å². The molecule has 1 aliphatic rings. The van der Waals surface area contributed by atoms with Gasteiger partial charge in [0.2, 0.25) is 22.1 Å². The van der Waals surface area contributed by atoms with Crippen LogP contribution < -0.4 is 15.5 Å². The van der Waals surface area contributed by atoms with Gasteiger partial charge < -0.3 is 20.1 Å². The fourth-order valence-electron chi connectivity index (χ4n) is 5.54. The van der Waals surface area contributed by atoms with Crippen LogP contribution in [0.1, 0.15) is 46.3 Å². The molecule has 1 atom stereocenters. The van der Waals surface area contributed by atoms with Gasteiger partial charge in [-0.1, -0.05) is 59.1 Å². The minimum Gasteiger partial charge on any atom is -0.374 e. The SMILES string of the molecule is CN1CC(CC(=O)Nc2nnc(CCCCc3nnc(NC(=O)Cc4cn(C)c5ccccc45)s3)s2)c2ccccc21. The molecule has 0 bridgehead atoms. The van der Waals surface area contributed by atoms with Crippen molar-refractivity contribution in [3.05, 3.63) is 75.9 Å². The van der Waals surface area contributed by atoms with Gasteiger partial charge in [0, 0.05) is 68.6 Å². The number of hydrogen-bond acceptors (Lipinski definition) is 9. The van der Waals surface area contributed by atoms with E-state index in [1.54, 1.807) is 0 Å². The summed E-state index contributed by atoms with van der Waals surface area (Å²) in [6.45, 7) is 0.835. The Bertz CT molecular complexity index is 1720. The average Bonchev–Trinajstić information content (AvgIpc) is 3.75. The highest BCUT2D eigenvalue weighted by molar-refractivity contribution is 7.15. The van der Waals surface area contributed by atoms with Crippen molar-refractivity contribution in [3.8, 4) is 0 Å². The highest BCUT2D eigenvalue weighted by atomic mass is 32.1. The largest absolute Gasteiger partial charge is 0.374 e. The molecule has 2 aromatic carbocycles. The highest BCUT2D eigenvalue weighted by Crippen LogP contribution is 2.37. The van der Waals surface area contributed by atoms with Gasteiger partial charge in [-0.3, -0.25) is 9.59 Å². The number of fused-ring (bicyclic) bond motifs is 2. The third-order valence-corrected chi connectivity index (χ3v) is 9.30. The fraction of sp³-hybridized carbons (Fsp3) is 0.333. The van der Waals surface area contributed by atoms with Crippen molar-refractivity contribution in [2.24, 2.45) is 7.05 Å². The Balaban J connectivity index is 0.920. The first-order chi connectivity index (χ1) is 20.4. The topological polar surface area (TPSA) is 118 Å². The first-order valence-corrected chi connectivity index (χ1v) is 15.6. The van der Waals surface area contributed by atoms with Crippen molar-refractivity contribution < 1.29 is 9.59 Å². The van der Waals surface area contributed by atoms with E-state index in [0.717, 1.165) is 58.7 Å². The quantitative estimate of drug-likeness (QED) is 0.200. The van der Waals surface area contributed by atoms with E-state index in [2.05, 4.69) is 55.1 Å². The number of carbonyl (C=O) groups excluding carboxylic acids is 2. The molecule has 0 radical (unpaired) electrons. The second-order valence-electron chi connectivity index (χ2n) is 10.6. The van der Waals surface area contributed by atoms with Gasteiger partial charge in [-0.2, -0.15) is 0 Å². The minimum atomic E-state index is -0.103. The van der Waals surface area contributed by atoms with Crippen LogP contribution in [0.3, 0.4) is 0 Å². The van der Waals surface area contributed by atoms with Gasteiger partial charge in [0.1, 0.15) is 10.0 Å². The molecule has 216 valence electrons. The first kappa shape index (κ1) is 28.0. The Kier molecular flexibility index (Phi) is 8.24. The number of rotatable bonds is 11. The number of aryl methyl sites for hydroxylation is 3. The zero-order valence-electron chi connectivity index (χ0n) is 23.5. The fourth-order valence-corrected chi connectivity index (χ4v) is 7.14.